The number of aromatic amines is 1. The SMILES string of the molecule is CC(C)c1cccc(C(C)C)c1-n1cc(C(C)(C)C(C)(C)c2cn3c(n2)-c2ccccc2N(C)B3c2c(-c3ccccc3)cccc2-c2ccccc2)nc1-c1ccc[nH]1. The molecule has 0 atom stereocenters. The van der Waals surface area contributed by atoms with Crippen molar-refractivity contribution in [1.29, 1.82) is 0 Å². The second-order valence-corrected chi connectivity index (χ2v) is 18.1. The molecule has 1 aliphatic heterocycles. The lowest BCUT2D eigenvalue weighted by atomic mass is 9.59. The van der Waals surface area contributed by atoms with Crippen LogP contribution in [0.2, 0.25) is 0 Å². The zero-order valence-corrected chi connectivity index (χ0v) is 36.4. The van der Waals surface area contributed by atoms with Crippen molar-refractivity contribution in [3.05, 3.63) is 175 Å². The average Bonchev–Trinajstić information content (AvgIpc) is 4.06. The van der Waals surface area contributed by atoms with Crippen molar-refractivity contribution >= 4 is 18.1 Å². The van der Waals surface area contributed by atoms with Crippen LogP contribution in [0.15, 0.2) is 152 Å². The zero-order valence-electron chi connectivity index (χ0n) is 36.4. The van der Waals surface area contributed by atoms with Gasteiger partial charge in [-0.1, -0.05) is 165 Å². The van der Waals surface area contributed by atoms with Crippen molar-refractivity contribution in [2.45, 2.75) is 78.1 Å². The molecular weight excluding hydrogens is 731 g/mol. The summed E-state index contributed by atoms with van der Waals surface area (Å²) in [7, 11) is 2.23. The Morgan fingerprint density at radius 3 is 1.63 bits per heavy atom. The minimum Gasteiger partial charge on any atom is -0.394 e. The fraction of sp³-hybridized carbons (Fsp3) is 0.245. The Hall–Kier alpha value is -6.34. The number of rotatable bonds is 10. The van der Waals surface area contributed by atoms with Gasteiger partial charge in [0.1, 0.15) is 5.82 Å². The summed E-state index contributed by atoms with van der Waals surface area (Å²) >= 11 is 0. The summed E-state index contributed by atoms with van der Waals surface area (Å²) in [5, 5.41) is 0. The molecule has 4 heterocycles. The number of benzene rings is 5. The number of fused-ring (bicyclic) bond motifs is 3. The van der Waals surface area contributed by atoms with Crippen molar-refractivity contribution < 1.29 is 0 Å². The third-order valence-corrected chi connectivity index (χ3v) is 13.4. The van der Waals surface area contributed by atoms with Crippen molar-refractivity contribution in [1.82, 2.24) is 24.0 Å². The zero-order chi connectivity index (χ0) is 41.9. The lowest BCUT2D eigenvalue weighted by Gasteiger charge is -2.39. The highest BCUT2D eigenvalue weighted by molar-refractivity contribution is 6.78. The molecule has 0 unspecified atom stereocenters. The number of hydrogen-bond acceptors (Lipinski definition) is 3. The first kappa shape index (κ1) is 39.1. The summed E-state index contributed by atoms with van der Waals surface area (Å²) < 4.78 is 4.79. The predicted molar refractivity (Wildman–Crippen MR) is 252 cm³/mol. The lowest BCUT2D eigenvalue weighted by Crippen LogP contribution is -2.55. The highest BCUT2D eigenvalue weighted by Gasteiger charge is 2.46. The molecule has 6 nitrogen and oxygen atoms in total. The number of anilines is 1. The first-order chi connectivity index (χ1) is 28.9. The second-order valence-electron chi connectivity index (χ2n) is 18.1. The monoisotopic (exact) mass is 786 g/mol. The molecular formula is C53H55BN6. The number of aromatic nitrogens is 5. The minimum absolute atomic E-state index is 0.178. The van der Waals surface area contributed by atoms with Gasteiger partial charge in [0.2, 0.25) is 0 Å². The number of hydrogen-bond donors (Lipinski definition) is 1. The maximum absolute atomic E-state index is 5.68. The summed E-state index contributed by atoms with van der Waals surface area (Å²) in [6.45, 7) is 18.3. The van der Waals surface area contributed by atoms with Gasteiger partial charge in [-0.15, -0.1) is 0 Å². The van der Waals surface area contributed by atoms with Gasteiger partial charge in [0.15, 0.2) is 5.82 Å². The van der Waals surface area contributed by atoms with Crippen molar-refractivity contribution in [2.75, 3.05) is 11.9 Å². The van der Waals surface area contributed by atoms with Crippen LogP contribution >= 0.6 is 0 Å². The van der Waals surface area contributed by atoms with E-state index in [1.165, 1.54) is 44.5 Å². The van der Waals surface area contributed by atoms with E-state index in [0.717, 1.165) is 40.0 Å². The van der Waals surface area contributed by atoms with Crippen LogP contribution in [-0.2, 0) is 10.8 Å². The van der Waals surface area contributed by atoms with Gasteiger partial charge in [0, 0.05) is 40.7 Å². The Labute approximate surface area is 356 Å². The molecule has 8 aromatic rings. The van der Waals surface area contributed by atoms with Crippen molar-refractivity contribution in [3.8, 4) is 50.8 Å². The summed E-state index contributed by atoms with van der Waals surface area (Å²) in [4.78, 5) is 17.2. The molecule has 1 N–H and O–H groups in total. The predicted octanol–water partition coefficient (Wildman–Crippen LogP) is 12.3. The van der Waals surface area contributed by atoms with Crippen LogP contribution in [0.25, 0.3) is 50.8 Å². The number of imidazole rings is 2. The number of H-pyrrole nitrogens is 1. The van der Waals surface area contributed by atoms with Gasteiger partial charge in [-0.25, -0.2) is 9.97 Å². The van der Waals surface area contributed by atoms with Crippen LogP contribution in [-0.4, -0.2) is 38.0 Å². The second kappa shape index (κ2) is 15.0. The Morgan fingerprint density at radius 2 is 1.07 bits per heavy atom. The molecule has 0 saturated carbocycles. The highest BCUT2D eigenvalue weighted by atomic mass is 15.2. The highest BCUT2D eigenvalue weighted by Crippen LogP contribution is 2.47. The third kappa shape index (κ3) is 6.34. The van der Waals surface area contributed by atoms with Crippen LogP contribution in [0, 0.1) is 0 Å². The van der Waals surface area contributed by atoms with Gasteiger partial charge in [0.05, 0.1) is 22.8 Å². The molecule has 60 heavy (non-hydrogen) atoms. The van der Waals surface area contributed by atoms with E-state index in [0.29, 0.717) is 11.8 Å². The van der Waals surface area contributed by atoms with E-state index in [4.69, 9.17) is 9.97 Å². The van der Waals surface area contributed by atoms with Gasteiger partial charge < -0.3 is 14.3 Å². The summed E-state index contributed by atoms with van der Waals surface area (Å²) in [5.41, 5.74) is 14.3. The Balaban J connectivity index is 1.24. The Kier molecular flexibility index (Phi) is 9.81. The molecule has 0 fully saturated rings. The van der Waals surface area contributed by atoms with Gasteiger partial charge in [0.25, 0.3) is 0 Å². The van der Waals surface area contributed by atoms with E-state index in [9.17, 15) is 0 Å². The molecule has 7 heteroatoms. The number of nitrogens with one attached hydrogen (secondary N) is 1. The standard InChI is InChI=1S/C53H55BN6/c1-35(2)39-26-18-27-40(36(3)4)49(39)59-33-46(57-51(59)44-30-20-32-55-44)52(5,6)53(7,8)47-34-60-50(56-47)43-25-16-17-31-45(43)58(9)54(60)48-41(37-21-12-10-13-22-37)28-19-29-42(48)38-23-14-11-15-24-38/h10-36,55H,1-9H3. The van der Waals surface area contributed by atoms with E-state index in [1.807, 2.05) is 6.20 Å². The molecule has 300 valence electrons. The lowest BCUT2D eigenvalue weighted by molar-refractivity contribution is 0.290. The molecule has 1 aliphatic rings. The van der Waals surface area contributed by atoms with Crippen molar-refractivity contribution in [3.63, 3.8) is 0 Å². The molecule has 9 rings (SSSR count). The maximum atomic E-state index is 5.68. The molecule has 0 saturated heterocycles. The molecule has 0 radical (unpaired) electrons. The number of para-hydroxylation sites is 2. The van der Waals surface area contributed by atoms with Gasteiger partial charge >= 0.3 is 6.98 Å². The van der Waals surface area contributed by atoms with E-state index in [2.05, 4.69) is 227 Å². The number of nitrogens with zero attached hydrogens (tertiary/aromatic N) is 5. The van der Waals surface area contributed by atoms with Gasteiger partial charge in [-0.2, -0.15) is 0 Å². The van der Waals surface area contributed by atoms with Gasteiger partial charge in [-0.05, 0) is 82.0 Å². The van der Waals surface area contributed by atoms with Crippen LogP contribution in [0.5, 0.6) is 0 Å². The molecule has 5 aromatic carbocycles. The van der Waals surface area contributed by atoms with Crippen molar-refractivity contribution in [2.24, 2.45) is 0 Å². The first-order valence-electron chi connectivity index (χ1n) is 21.4. The quantitative estimate of drug-likeness (QED) is 0.141. The summed E-state index contributed by atoms with van der Waals surface area (Å²) in [6, 6.07) is 48.0. The largest absolute Gasteiger partial charge is 0.417 e. The van der Waals surface area contributed by atoms with Crippen LogP contribution < -0.4 is 10.3 Å². The molecule has 0 aliphatic carbocycles. The summed E-state index contributed by atoms with van der Waals surface area (Å²) in [6.07, 6.45) is 6.62. The average molecular weight is 787 g/mol. The maximum Gasteiger partial charge on any atom is 0.417 e. The third-order valence-electron chi connectivity index (χ3n) is 13.4. The molecule has 0 amide bonds. The van der Waals surface area contributed by atoms with Crippen LogP contribution in [0.1, 0.15) is 89.7 Å². The smallest absolute Gasteiger partial charge is 0.394 e. The Morgan fingerprint density at radius 1 is 0.550 bits per heavy atom. The van der Waals surface area contributed by atoms with E-state index in [1.54, 1.807) is 0 Å². The molecule has 0 bridgehead atoms. The minimum atomic E-state index is -0.457. The van der Waals surface area contributed by atoms with Crippen LogP contribution in [0.3, 0.4) is 0 Å². The molecule has 0 spiro atoms. The Bertz CT molecular complexity index is 2710. The first-order valence-corrected chi connectivity index (χ1v) is 21.4. The van der Waals surface area contributed by atoms with Crippen LogP contribution in [0.4, 0.5) is 5.69 Å². The topological polar surface area (TPSA) is 54.7 Å². The fourth-order valence-electron chi connectivity index (χ4n) is 9.23. The van der Waals surface area contributed by atoms with E-state index < -0.39 is 10.8 Å². The van der Waals surface area contributed by atoms with E-state index >= 15 is 0 Å². The normalized spacial score (nSPS) is 13.0. The summed E-state index contributed by atoms with van der Waals surface area (Å²) in [5.74, 6) is 2.57. The van der Waals surface area contributed by atoms with E-state index in [-0.39, 0.29) is 6.98 Å². The molecule has 3 aromatic heterocycles. The van der Waals surface area contributed by atoms with Gasteiger partial charge in [-0.3, -0.25) is 4.57 Å². The fourth-order valence-corrected chi connectivity index (χ4v) is 9.23.